The molecule has 0 aromatic heterocycles. The van der Waals surface area contributed by atoms with E-state index in [0.29, 0.717) is 11.6 Å². The zero-order valence-corrected chi connectivity index (χ0v) is 13.4. The van der Waals surface area contributed by atoms with E-state index in [9.17, 15) is 0 Å². The van der Waals surface area contributed by atoms with Crippen LogP contribution in [-0.2, 0) is 0 Å². The van der Waals surface area contributed by atoms with Gasteiger partial charge in [0.25, 0.3) is 0 Å². The van der Waals surface area contributed by atoms with Gasteiger partial charge in [-0.25, -0.2) is 0 Å². The molecule has 2 rings (SSSR count). The number of nitrogens with zero attached hydrogens (tertiary/aromatic N) is 1. The van der Waals surface area contributed by atoms with E-state index in [2.05, 4.69) is 37.2 Å². The zero-order valence-electron chi connectivity index (χ0n) is 12.5. The second-order valence-electron chi connectivity index (χ2n) is 6.44. The standard InChI is InChI=1S/C15H30N2S/c1-5-12(2)14-10-17(8-9-18-4)15(3,11-16-14)13-6-7-13/h12-14,16H,5-11H2,1-4H3. The topological polar surface area (TPSA) is 15.3 Å². The first-order chi connectivity index (χ1) is 8.61. The Balaban J connectivity index is 2.00. The molecule has 0 spiro atoms. The maximum absolute atomic E-state index is 3.84. The van der Waals surface area contributed by atoms with Crippen molar-refractivity contribution in [3.8, 4) is 0 Å². The molecule has 18 heavy (non-hydrogen) atoms. The third-order valence-corrected chi connectivity index (χ3v) is 5.81. The molecule has 106 valence electrons. The van der Waals surface area contributed by atoms with Gasteiger partial charge in [-0.2, -0.15) is 11.8 Å². The number of hydrogen-bond donors (Lipinski definition) is 1. The summed E-state index contributed by atoms with van der Waals surface area (Å²) in [4.78, 5) is 2.80. The highest BCUT2D eigenvalue weighted by molar-refractivity contribution is 7.98. The molecule has 0 radical (unpaired) electrons. The Labute approximate surface area is 117 Å². The van der Waals surface area contributed by atoms with Crippen LogP contribution in [0.1, 0.15) is 40.0 Å². The normalized spacial score (nSPS) is 35.7. The number of rotatable bonds is 6. The molecule has 1 aliphatic carbocycles. The van der Waals surface area contributed by atoms with Gasteiger partial charge in [-0.3, -0.25) is 4.90 Å². The number of nitrogens with one attached hydrogen (secondary N) is 1. The van der Waals surface area contributed by atoms with Crippen LogP contribution in [-0.4, -0.2) is 48.1 Å². The van der Waals surface area contributed by atoms with Crippen molar-refractivity contribution >= 4 is 11.8 Å². The molecule has 0 amide bonds. The van der Waals surface area contributed by atoms with Gasteiger partial charge in [0.1, 0.15) is 0 Å². The fourth-order valence-electron chi connectivity index (χ4n) is 3.28. The summed E-state index contributed by atoms with van der Waals surface area (Å²) in [7, 11) is 0. The Hall–Kier alpha value is 0.270. The molecule has 1 heterocycles. The zero-order chi connectivity index (χ0) is 13.2. The minimum atomic E-state index is 0.430. The molecule has 1 saturated carbocycles. The van der Waals surface area contributed by atoms with Gasteiger partial charge in [0.2, 0.25) is 0 Å². The first-order valence-corrected chi connectivity index (χ1v) is 8.98. The van der Waals surface area contributed by atoms with Crippen LogP contribution in [0.2, 0.25) is 0 Å². The second-order valence-corrected chi connectivity index (χ2v) is 7.43. The molecular weight excluding hydrogens is 240 g/mol. The summed E-state index contributed by atoms with van der Waals surface area (Å²) in [6.07, 6.45) is 6.40. The molecule has 0 bridgehead atoms. The lowest BCUT2D eigenvalue weighted by Crippen LogP contribution is -2.65. The second kappa shape index (κ2) is 6.15. The highest BCUT2D eigenvalue weighted by atomic mass is 32.2. The van der Waals surface area contributed by atoms with E-state index in [1.807, 2.05) is 11.8 Å². The fraction of sp³-hybridized carbons (Fsp3) is 1.00. The lowest BCUT2D eigenvalue weighted by Gasteiger charge is -2.50. The van der Waals surface area contributed by atoms with Crippen LogP contribution in [0, 0.1) is 11.8 Å². The molecule has 3 heteroatoms. The van der Waals surface area contributed by atoms with Crippen molar-refractivity contribution in [2.24, 2.45) is 11.8 Å². The van der Waals surface area contributed by atoms with E-state index in [1.54, 1.807) is 0 Å². The Bertz CT molecular complexity index is 267. The molecular formula is C15H30N2S. The number of thioether (sulfide) groups is 1. The van der Waals surface area contributed by atoms with Gasteiger partial charge in [0.05, 0.1) is 0 Å². The van der Waals surface area contributed by atoms with Gasteiger partial charge in [-0.1, -0.05) is 20.3 Å². The van der Waals surface area contributed by atoms with E-state index < -0.39 is 0 Å². The first-order valence-electron chi connectivity index (χ1n) is 7.59. The van der Waals surface area contributed by atoms with Crippen molar-refractivity contribution < 1.29 is 0 Å². The summed E-state index contributed by atoms with van der Waals surface area (Å²) in [5.41, 5.74) is 0.430. The smallest absolute Gasteiger partial charge is 0.0335 e. The van der Waals surface area contributed by atoms with E-state index in [1.165, 1.54) is 44.6 Å². The van der Waals surface area contributed by atoms with Crippen molar-refractivity contribution in [1.29, 1.82) is 0 Å². The summed E-state index contributed by atoms with van der Waals surface area (Å²) in [5, 5.41) is 3.84. The third-order valence-electron chi connectivity index (χ3n) is 5.21. The van der Waals surface area contributed by atoms with Gasteiger partial charge in [0, 0.05) is 37.0 Å². The number of hydrogen-bond acceptors (Lipinski definition) is 3. The van der Waals surface area contributed by atoms with Crippen LogP contribution in [0.15, 0.2) is 0 Å². The van der Waals surface area contributed by atoms with Crippen LogP contribution in [0.25, 0.3) is 0 Å². The van der Waals surface area contributed by atoms with Gasteiger partial charge < -0.3 is 5.32 Å². The quantitative estimate of drug-likeness (QED) is 0.799. The third kappa shape index (κ3) is 3.05. The van der Waals surface area contributed by atoms with Crippen LogP contribution < -0.4 is 5.32 Å². The highest BCUT2D eigenvalue weighted by Crippen LogP contribution is 2.44. The Morgan fingerprint density at radius 1 is 1.44 bits per heavy atom. The predicted octanol–water partition coefficient (Wildman–Crippen LogP) is 2.84. The maximum atomic E-state index is 3.84. The van der Waals surface area contributed by atoms with Gasteiger partial charge >= 0.3 is 0 Å². The molecule has 3 unspecified atom stereocenters. The predicted molar refractivity (Wildman–Crippen MR) is 82.3 cm³/mol. The Kier molecular flexibility index (Phi) is 5.01. The van der Waals surface area contributed by atoms with Crippen LogP contribution in [0.4, 0.5) is 0 Å². The van der Waals surface area contributed by atoms with Crippen molar-refractivity contribution in [3.05, 3.63) is 0 Å². The molecule has 2 nitrogen and oxygen atoms in total. The van der Waals surface area contributed by atoms with Crippen molar-refractivity contribution in [2.75, 3.05) is 31.6 Å². The minimum Gasteiger partial charge on any atom is -0.311 e. The molecule has 1 saturated heterocycles. The van der Waals surface area contributed by atoms with Crippen molar-refractivity contribution in [2.45, 2.75) is 51.6 Å². The minimum absolute atomic E-state index is 0.430. The monoisotopic (exact) mass is 270 g/mol. The van der Waals surface area contributed by atoms with E-state index in [4.69, 9.17) is 0 Å². The lowest BCUT2D eigenvalue weighted by molar-refractivity contribution is 0.0290. The summed E-state index contributed by atoms with van der Waals surface area (Å²) < 4.78 is 0. The fourth-order valence-corrected chi connectivity index (χ4v) is 3.68. The van der Waals surface area contributed by atoms with E-state index in [0.717, 1.165) is 11.8 Å². The largest absolute Gasteiger partial charge is 0.311 e. The summed E-state index contributed by atoms with van der Waals surface area (Å²) in [5.74, 6) is 3.02. The molecule has 2 aliphatic rings. The summed E-state index contributed by atoms with van der Waals surface area (Å²) in [6.45, 7) is 10.9. The van der Waals surface area contributed by atoms with Crippen LogP contribution >= 0.6 is 11.8 Å². The molecule has 1 aliphatic heterocycles. The van der Waals surface area contributed by atoms with Crippen molar-refractivity contribution in [3.63, 3.8) is 0 Å². The van der Waals surface area contributed by atoms with Crippen LogP contribution in [0.5, 0.6) is 0 Å². The molecule has 0 aromatic rings. The first kappa shape index (κ1) is 14.7. The van der Waals surface area contributed by atoms with E-state index in [-0.39, 0.29) is 0 Å². The van der Waals surface area contributed by atoms with Gasteiger partial charge in [-0.15, -0.1) is 0 Å². The SMILES string of the molecule is CCC(C)C1CN(CCSC)C(C)(C2CC2)CN1. The van der Waals surface area contributed by atoms with E-state index >= 15 is 0 Å². The molecule has 1 N–H and O–H groups in total. The Morgan fingerprint density at radius 3 is 2.72 bits per heavy atom. The average molecular weight is 270 g/mol. The molecule has 2 fully saturated rings. The van der Waals surface area contributed by atoms with Gasteiger partial charge in [0.15, 0.2) is 0 Å². The summed E-state index contributed by atoms with van der Waals surface area (Å²) >= 11 is 1.98. The lowest BCUT2D eigenvalue weighted by atomic mass is 9.86. The average Bonchev–Trinajstić information content (AvgIpc) is 3.21. The molecule has 3 atom stereocenters. The Morgan fingerprint density at radius 2 is 2.17 bits per heavy atom. The maximum Gasteiger partial charge on any atom is 0.0335 e. The van der Waals surface area contributed by atoms with Gasteiger partial charge in [-0.05, 0) is 37.9 Å². The van der Waals surface area contributed by atoms with Crippen LogP contribution in [0.3, 0.4) is 0 Å². The molecule has 0 aromatic carbocycles. The highest BCUT2D eigenvalue weighted by Gasteiger charge is 2.48. The summed E-state index contributed by atoms with van der Waals surface area (Å²) in [6, 6.07) is 0.698. The van der Waals surface area contributed by atoms with Crippen molar-refractivity contribution in [1.82, 2.24) is 10.2 Å². The number of piperazine rings is 1.